The van der Waals surface area contributed by atoms with Gasteiger partial charge in [-0.3, -0.25) is 4.79 Å². The fraction of sp³-hybridized carbons (Fsp3) is 0.667. The Labute approximate surface area is 71.9 Å². The number of rotatable bonds is 4. The van der Waals surface area contributed by atoms with Crippen LogP contribution in [0.2, 0.25) is 0 Å². The number of esters is 1. The highest BCUT2D eigenvalue weighted by Crippen LogP contribution is 1.72. The number of hydrogen-bond acceptors (Lipinski definition) is 4. The fourth-order valence-electron chi connectivity index (χ4n) is 0.407. The predicted molar refractivity (Wildman–Crippen MR) is 42.4 cm³/mol. The van der Waals surface area contributed by atoms with Gasteiger partial charge in [-0.2, -0.15) is 5.26 Å². The summed E-state index contributed by atoms with van der Waals surface area (Å²) >= 11 is 0. The Morgan fingerprint density at radius 2 is 2.36 bits per heavy atom. The van der Waals surface area contributed by atoms with Gasteiger partial charge in [-0.25, -0.2) is 0 Å². The van der Waals surface area contributed by atoms with Crippen molar-refractivity contribution >= 4 is 18.4 Å². The second-order valence-corrected chi connectivity index (χ2v) is 1.66. The van der Waals surface area contributed by atoms with E-state index in [9.17, 15) is 4.79 Å². The summed E-state index contributed by atoms with van der Waals surface area (Å²) in [5, 5.41) is 10.8. The lowest BCUT2D eigenvalue weighted by atomic mass is 10.4. The molecule has 0 amide bonds. The fourth-order valence-corrected chi connectivity index (χ4v) is 0.407. The van der Waals surface area contributed by atoms with Crippen LogP contribution < -0.4 is 5.32 Å². The molecule has 0 aromatic rings. The van der Waals surface area contributed by atoms with Crippen LogP contribution in [-0.2, 0) is 9.53 Å². The molecule has 0 heterocycles. The molecule has 0 aromatic carbocycles. The lowest BCUT2D eigenvalue weighted by molar-refractivity contribution is -0.139. The molecule has 5 heteroatoms. The van der Waals surface area contributed by atoms with E-state index in [1.165, 1.54) is 7.11 Å². The van der Waals surface area contributed by atoms with Crippen LogP contribution in [0.3, 0.4) is 0 Å². The van der Waals surface area contributed by atoms with Gasteiger partial charge in [0.2, 0.25) is 0 Å². The van der Waals surface area contributed by atoms with Gasteiger partial charge in [-0.15, -0.1) is 12.4 Å². The van der Waals surface area contributed by atoms with E-state index in [-0.39, 0.29) is 24.9 Å². The first-order valence-electron chi connectivity index (χ1n) is 2.95. The van der Waals surface area contributed by atoms with Crippen LogP contribution in [0.4, 0.5) is 0 Å². The monoisotopic (exact) mass is 178 g/mol. The number of methoxy groups -OCH3 is 1. The average Bonchev–Trinajstić information content (AvgIpc) is 1.98. The van der Waals surface area contributed by atoms with Crippen LogP contribution in [-0.4, -0.2) is 26.2 Å². The molecule has 0 spiro atoms. The third-order valence-electron chi connectivity index (χ3n) is 0.911. The van der Waals surface area contributed by atoms with Gasteiger partial charge in [0.05, 0.1) is 19.7 Å². The Morgan fingerprint density at radius 1 is 1.73 bits per heavy atom. The topological polar surface area (TPSA) is 62.1 Å². The van der Waals surface area contributed by atoms with Gasteiger partial charge >= 0.3 is 5.97 Å². The normalized spacial score (nSPS) is 7.64. The zero-order valence-corrected chi connectivity index (χ0v) is 7.11. The summed E-state index contributed by atoms with van der Waals surface area (Å²) in [6, 6.07) is 1.94. The summed E-state index contributed by atoms with van der Waals surface area (Å²) < 4.78 is 4.35. The van der Waals surface area contributed by atoms with Crippen molar-refractivity contribution < 1.29 is 9.53 Å². The molecule has 0 atom stereocenters. The largest absolute Gasteiger partial charge is 0.468 e. The van der Waals surface area contributed by atoms with E-state index < -0.39 is 0 Å². The Balaban J connectivity index is 0. The Kier molecular flexibility index (Phi) is 10.8. The summed E-state index contributed by atoms with van der Waals surface area (Å²) in [5.41, 5.74) is 0. The Morgan fingerprint density at radius 3 is 2.82 bits per heavy atom. The first kappa shape index (κ1) is 12.8. The third kappa shape index (κ3) is 9.21. The van der Waals surface area contributed by atoms with Crippen molar-refractivity contribution in [3.63, 3.8) is 0 Å². The third-order valence-corrected chi connectivity index (χ3v) is 0.911. The first-order chi connectivity index (χ1) is 4.81. The van der Waals surface area contributed by atoms with Gasteiger partial charge in [0.1, 0.15) is 0 Å². The zero-order valence-electron chi connectivity index (χ0n) is 6.29. The molecule has 1 N–H and O–H groups in total. The highest BCUT2D eigenvalue weighted by Gasteiger charge is 1.95. The summed E-state index contributed by atoms with van der Waals surface area (Å²) in [7, 11) is 1.33. The van der Waals surface area contributed by atoms with Crippen LogP contribution in [0.15, 0.2) is 0 Å². The van der Waals surface area contributed by atoms with E-state index in [1.807, 2.05) is 6.07 Å². The van der Waals surface area contributed by atoms with Crippen LogP contribution in [0.25, 0.3) is 0 Å². The number of halogens is 1. The number of hydrogen-bond donors (Lipinski definition) is 1. The zero-order chi connectivity index (χ0) is 7.82. The van der Waals surface area contributed by atoms with E-state index in [1.54, 1.807) is 0 Å². The second kappa shape index (κ2) is 9.21. The van der Waals surface area contributed by atoms with E-state index in [0.717, 1.165) is 0 Å². The molecule has 0 aliphatic heterocycles. The first-order valence-corrected chi connectivity index (χ1v) is 2.95. The van der Waals surface area contributed by atoms with Crippen LogP contribution >= 0.6 is 12.4 Å². The molecule has 0 bridgehead atoms. The molecule has 64 valence electrons. The standard InChI is InChI=1S/C6H10N2O2.ClH/c1-10-6(9)5-8-4-2-3-7;/h8H,2,4-5H2,1H3;1H. The smallest absolute Gasteiger partial charge is 0.319 e. The summed E-state index contributed by atoms with van der Waals surface area (Å²) in [5.74, 6) is -0.307. The second-order valence-electron chi connectivity index (χ2n) is 1.66. The van der Waals surface area contributed by atoms with Crippen molar-refractivity contribution in [1.29, 1.82) is 5.26 Å². The van der Waals surface area contributed by atoms with E-state index in [2.05, 4.69) is 10.1 Å². The molecule has 0 radical (unpaired) electrons. The molecule has 4 nitrogen and oxygen atoms in total. The quantitative estimate of drug-likeness (QED) is 0.490. The molecular weight excluding hydrogens is 168 g/mol. The molecule has 11 heavy (non-hydrogen) atoms. The number of nitriles is 1. The number of nitrogens with one attached hydrogen (secondary N) is 1. The highest BCUT2D eigenvalue weighted by molar-refractivity contribution is 5.85. The minimum Gasteiger partial charge on any atom is -0.468 e. The van der Waals surface area contributed by atoms with Crippen molar-refractivity contribution in [3.8, 4) is 6.07 Å². The summed E-state index contributed by atoms with van der Waals surface area (Å²) in [6.45, 7) is 0.712. The SMILES string of the molecule is COC(=O)CNCCC#N.Cl. The number of ether oxygens (including phenoxy) is 1. The van der Waals surface area contributed by atoms with E-state index in [0.29, 0.717) is 13.0 Å². The Hall–Kier alpha value is -0.790. The van der Waals surface area contributed by atoms with Crippen LogP contribution in [0.5, 0.6) is 0 Å². The van der Waals surface area contributed by atoms with Crippen LogP contribution in [0, 0.1) is 11.3 Å². The maximum Gasteiger partial charge on any atom is 0.319 e. The van der Waals surface area contributed by atoms with Crippen molar-refractivity contribution in [1.82, 2.24) is 5.32 Å². The molecule has 0 fully saturated rings. The van der Waals surface area contributed by atoms with Gasteiger partial charge in [0.15, 0.2) is 0 Å². The van der Waals surface area contributed by atoms with Gasteiger partial charge in [-0.1, -0.05) is 0 Å². The van der Waals surface area contributed by atoms with E-state index in [4.69, 9.17) is 5.26 Å². The molecule has 0 saturated heterocycles. The number of carbonyl (C=O) groups is 1. The number of nitrogens with zero attached hydrogens (tertiary/aromatic N) is 1. The molecule has 0 aliphatic carbocycles. The predicted octanol–water partition coefficient (Wildman–Crippen LogP) is 0.0845. The molecule has 0 aliphatic rings. The minimum absolute atomic E-state index is 0. The van der Waals surface area contributed by atoms with Gasteiger partial charge in [-0.05, 0) is 0 Å². The summed E-state index contributed by atoms with van der Waals surface area (Å²) in [4.78, 5) is 10.4. The molecule has 0 saturated carbocycles. The maximum atomic E-state index is 10.4. The maximum absolute atomic E-state index is 10.4. The lowest BCUT2D eigenvalue weighted by Crippen LogP contribution is -2.24. The van der Waals surface area contributed by atoms with Crippen molar-refractivity contribution in [3.05, 3.63) is 0 Å². The van der Waals surface area contributed by atoms with Crippen LogP contribution in [0.1, 0.15) is 6.42 Å². The van der Waals surface area contributed by atoms with Crippen molar-refractivity contribution in [2.45, 2.75) is 6.42 Å². The van der Waals surface area contributed by atoms with Gasteiger partial charge < -0.3 is 10.1 Å². The average molecular weight is 179 g/mol. The highest BCUT2D eigenvalue weighted by atomic mass is 35.5. The molecule has 0 unspecified atom stereocenters. The van der Waals surface area contributed by atoms with Crippen molar-refractivity contribution in [2.24, 2.45) is 0 Å². The molecule has 0 rings (SSSR count). The summed E-state index contributed by atoms with van der Waals surface area (Å²) in [6.07, 6.45) is 0.414. The minimum atomic E-state index is -0.307. The lowest BCUT2D eigenvalue weighted by Gasteiger charge is -1.98. The van der Waals surface area contributed by atoms with Gasteiger partial charge in [0.25, 0.3) is 0 Å². The Bertz CT molecular complexity index is 144. The molecule has 0 aromatic heterocycles. The van der Waals surface area contributed by atoms with Crippen molar-refractivity contribution in [2.75, 3.05) is 20.2 Å². The molecular formula is C6H11ClN2O2. The van der Waals surface area contributed by atoms with Gasteiger partial charge in [0, 0.05) is 13.0 Å². The number of carbonyl (C=O) groups excluding carboxylic acids is 1. The van der Waals surface area contributed by atoms with E-state index >= 15 is 0 Å².